The second-order valence-electron chi connectivity index (χ2n) is 5.75. The molecule has 7 heteroatoms. The molecule has 1 amide bonds. The number of hydrogen-bond acceptors (Lipinski definition) is 4. The zero-order valence-electron chi connectivity index (χ0n) is 11.5. The monoisotopic (exact) mass is 288 g/mol. The van der Waals surface area contributed by atoms with Crippen molar-refractivity contribution in [3.63, 3.8) is 0 Å². The lowest BCUT2D eigenvalue weighted by Crippen LogP contribution is -2.47. The largest absolute Gasteiger partial charge is 0.379 e. The minimum atomic E-state index is -0.349. The van der Waals surface area contributed by atoms with Crippen LogP contribution in [0.5, 0.6) is 0 Å². The van der Waals surface area contributed by atoms with Gasteiger partial charge in [0.25, 0.3) is 5.91 Å². The van der Waals surface area contributed by atoms with Gasteiger partial charge in [-0.05, 0) is 25.3 Å². The van der Waals surface area contributed by atoms with Crippen LogP contribution in [0.4, 0.5) is 0 Å². The third-order valence-electron chi connectivity index (χ3n) is 4.58. The summed E-state index contributed by atoms with van der Waals surface area (Å²) in [7, 11) is 0. The first kappa shape index (κ1) is 12.6. The van der Waals surface area contributed by atoms with Crippen molar-refractivity contribution in [2.24, 2.45) is 0 Å². The van der Waals surface area contributed by atoms with Crippen LogP contribution in [0.2, 0.25) is 0 Å². The summed E-state index contributed by atoms with van der Waals surface area (Å²) < 4.78 is 5.52. The summed E-state index contributed by atoms with van der Waals surface area (Å²) in [6.45, 7) is 2.05. The van der Waals surface area contributed by atoms with Gasteiger partial charge in [-0.3, -0.25) is 9.78 Å². The molecule has 2 aliphatic rings. The van der Waals surface area contributed by atoms with Crippen molar-refractivity contribution in [1.29, 1.82) is 0 Å². The van der Waals surface area contributed by atoms with E-state index in [1.54, 1.807) is 12.3 Å². The number of rotatable bonds is 1. The van der Waals surface area contributed by atoms with Gasteiger partial charge in [-0.2, -0.15) is 0 Å². The first-order chi connectivity index (χ1) is 10.2. The predicted octanol–water partition coefficient (Wildman–Crippen LogP) is 0.646. The summed E-state index contributed by atoms with van der Waals surface area (Å²) in [5, 5.41) is 0. The molecule has 1 unspecified atom stereocenters. The SMILES string of the molecule is O=C(c1ccnc2[nH]c(=O)[nH]c12)N1CCCC12CCOC2. The Hall–Kier alpha value is -2.15. The number of aromatic nitrogens is 3. The number of fused-ring (bicyclic) bond motifs is 1. The molecule has 0 radical (unpaired) electrons. The van der Waals surface area contributed by atoms with Gasteiger partial charge < -0.3 is 14.6 Å². The highest BCUT2D eigenvalue weighted by Gasteiger charge is 2.46. The second kappa shape index (κ2) is 4.42. The number of hydrogen-bond donors (Lipinski definition) is 2. The predicted molar refractivity (Wildman–Crippen MR) is 75.2 cm³/mol. The molecule has 2 N–H and O–H groups in total. The van der Waals surface area contributed by atoms with Crippen LogP contribution in [0.15, 0.2) is 17.1 Å². The number of imidazole rings is 1. The maximum atomic E-state index is 12.9. The molecule has 2 aromatic heterocycles. The van der Waals surface area contributed by atoms with E-state index in [1.807, 2.05) is 4.90 Å². The summed E-state index contributed by atoms with van der Waals surface area (Å²) in [4.78, 5) is 35.6. The number of ether oxygens (including phenoxy) is 1. The standard InChI is InChI=1S/C14H16N4O3/c19-12(18-6-1-3-14(18)4-7-21-8-14)9-2-5-15-11-10(9)16-13(20)17-11/h2,5H,1,3-4,6-8H2,(H2,15,16,17,20). The fraction of sp³-hybridized carbons (Fsp3) is 0.500. The van der Waals surface area contributed by atoms with Gasteiger partial charge in [-0.25, -0.2) is 9.78 Å². The van der Waals surface area contributed by atoms with E-state index in [9.17, 15) is 9.59 Å². The Bertz CT molecular complexity index is 751. The Balaban J connectivity index is 1.78. The van der Waals surface area contributed by atoms with Crippen molar-refractivity contribution < 1.29 is 9.53 Å². The van der Waals surface area contributed by atoms with Gasteiger partial charge in [0.15, 0.2) is 5.65 Å². The number of likely N-dealkylation sites (tertiary alicyclic amines) is 1. The molecule has 2 aromatic rings. The van der Waals surface area contributed by atoms with E-state index in [0.717, 1.165) is 25.8 Å². The molecule has 0 aromatic carbocycles. The zero-order chi connectivity index (χ0) is 14.4. The second-order valence-corrected chi connectivity index (χ2v) is 5.75. The van der Waals surface area contributed by atoms with Gasteiger partial charge in [0.1, 0.15) is 0 Å². The quantitative estimate of drug-likeness (QED) is 0.806. The van der Waals surface area contributed by atoms with Gasteiger partial charge in [0, 0.05) is 19.3 Å². The number of carbonyl (C=O) groups excluding carboxylic acids is 1. The molecule has 7 nitrogen and oxygen atoms in total. The van der Waals surface area contributed by atoms with E-state index in [1.165, 1.54) is 0 Å². The molecule has 0 bridgehead atoms. The number of nitrogens with zero attached hydrogens (tertiary/aromatic N) is 2. The Labute approximate surface area is 120 Å². The van der Waals surface area contributed by atoms with Crippen LogP contribution in [0.3, 0.4) is 0 Å². The topological polar surface area (TPSA) is 91.1 Å². The Morgan fingerprint density at radius 1 is 1.38 bits per heavy atom. The fourth-order valence-electron chi connectivity index (χ4n) is 3.52. The summed E-state index contributed by atoms with van der Waals surface area (Å²) >= 11 is 0. The molecule has 1 atom stereocenters. The molecule has 4 rings (SSSR count). The molecule has 1 spiro atoms. The minimum Gasteiger partial charge on any atom is -0.379 e. The average Bonchev–Trinajstić information content (AvgIpc) is 3.18. The highest BCUT2D eigenvalue weighted by atomic mass is 16.5. The summed E-state index contributed by atoms with van der Waals surface area (Å²) in [5.41, 5.74) is 0.878. The first-order valence-electron chi connectivity index (χ1n) is 7.16. The van der Waals surface area contributed by atoms with Gasteiger partial charge in [0.05, 0.1) is 23.2 Å². The highest BCUT2D eigenvalue weighted by Crippen LogP contribution is 2.37. The van der Waals surface area contributed by atoms with E-state index < -0.39 is 0 Å². The van der Waals surface area contributed by atoms with Crippen LogP contribution in [0.25, 0.3) is 11.2 Å². The molecular weight excluding hydrogens is 272 g/mol. The first-order valence-corrected chi connectivity index (χ1v) is 7.16. The molecule has 2 fully saturated rings. The van der Waals surface area contributed by atoms with Crippen LogP contribution in [-0.4, -0.2) is 51.1 Å². The highest BCUT2D eigenvalue weighted by molar-refractivity contribution is 6.04. The summed E-state index contributed by atoms with van der Waals surface area (Å²) in [5.74, 6) is -0.0550. The lowest BCUT2D eigenvalue weighted by Gasteiger charge is -2.33. The third kappa shape index (κ3) is 1.80. The molecule has 110 valence electrons. The average molecular weight is 288 g/mol. The van der Waals surface area contributed by atoms with Crippen molar-refractivity contribution in [2.45, 2.75) is 24.8 Å². The van der Waals surface area contributed by atoms with E-state index in [0.29, 0.717) is 29.9 Å². The Morgan fingerprint density at radius 2 is 2.29 bits per heavy atom. The Kier molecular flexibility index (Phi) is 2.65. The minimum absolute atomic E-state index is 0.0550. The molecule has 2 saturated heterocycles. The number of nitrogens with one attached hydrogen (secondary N) is 2. The van der Waals surface area contributed by atoms with Crippen molar-refractivity contribution in [3.05, 3.63) is 28.3 Å². The van der Waals surface area contributed by atoms with E-state index in [-0.39, 0.29) is 17.1 Å². The third-order valence-corrected chi connectivity index (χ3v) is 4.58. The van der Waals surface area contributed by atoms with Crippen LogP contribution < -0.4 is 5.69 Å². The zero-order valence-corrected chi connectivity index (χ0v) is 11.5. The van der Waals surface area contributed by atoms with Crippen LogP contribution in [-0.2, 0) is 4.74 Å². The lowest BCUT2D eigenvalue weighted by molar-refractivity contribution is 0.0552. The molecule has 0 saturated carbocycles. The summed E-state index contributed by atoms with van der Waals surface area (Å²) in [6.07, 6.45) is 4.41. The maximum absolute atomic E-state index is 12.9. The lowest BCUT2D eigenvalue weighted by atomic mass is 9.95. The molecule has 4 heterocycles. The number of amides is 1. The van der Waals surface area contributed by atoms with Crippen molar-refractivity contribution in [2.75, 3.05) is 19.8 Å². The van der Waals surface area contributed by atoms with Gasteiger partial charge in [-0.1, -0.05) is 0 Å². The van der Waals surface area contributed by atoms with E-state index in [2.05, 4.69) is 15.0 Å². The number of H-pyrrole nitrogens is 2. The Morgan fingerprint density at radius 3 is 3.10 bits per heavy atom. The fourth-order valence-corrected chi connectivity index (χ4v) is 3.52. The van der Waals surface area contributed by atoms with Crippen molar-refractivity contribution in [1.82, 2.24) is 19.9 Å². The van der Waals surface area contributed by atoms with Crippen molar-refractivity contribution >= 4 is 17.1 Å². The van der Waals surface area contributed by atoms with Gasteiger partial charge in [0.2, 0.25) is 0 Å². The maximum Gasteiger partial charge on any atom is 0.325 e. The molecule has 0 aliphatic carbocycles. The van der Waals surface area contributed by atoms with Gasteiger partial charge >= 0.3 is 5.69 Å². The van der Waals surface area contributed by atoms with Crippen LogP contribution in [0, 0.1) is 0 Å². The van der Waals surface area contributed by atoms with Gasteiger partial charge in [-0.15, -0.1) is 0 Å². The number of aromatic amines is 2. The molecule has 2 aliphatic heterocycles. The van der Waals surface area contributed by atoms with Crippen LogP contribution >= 0.6 is 0 Å². The molecular formula is C14H16N4O3. The number of pyridine rings is 1. The normalized spacial score (nSPS) is 25.2. The van der Waals surface area contributed by atoms with Crippen LogP contribution in [0.1, 0.15) is 29.6 Å². The smallest absolute Gasteiger partial charge is 0.325 e. The van der Waals surface area contributed by atoms with E-state index >= 15 is 0 Å². The van der Waals surface area contributed by atoms with E-state index in [4.69, 9.17) is 4.74 Å². The number of carbonyl (C=O) groups is 1. The summed E-state index contributed by atoms with van der Waals surface area (Å²) in [6, 6.07) is 1.66. The van der Waals surface area contributed by atoms with Crippen molar-refractivity contribution in [3.8, 4) is 0 Å². The molecule has 21 heavy (non-hydrogen) atoms.